The number of thiazole rings is 1. The summed E-state index contributed by atoms with van der Waals surface area (Å²) in [6, 6.07) is 9.73. The molecule has 0 spiro atoms. The summed E-state index contributed by atoms with van der Waals surface area (Å²) < 4.78 is 18.6. The van der Waals surface area contributed by atoms with Gasteiger partial charge in [0.05, 0.1) is 36.6 Å². The predicted molar refractivity (Wildman–Crippen MR) is 136 cm³/mol. The highest BCUT2D eigenvalue weighted by molar-refractivity contribution is 9.10. The molecule has 182 valence electrons. The summed E-state index contributed by atoms with van der Waals surface area (Å²) in [5, 5.41) is 10.6. The van der Waals surface area contributed by atoms with Gasteiger partial charge >= 0.3 is 5.97 Å². The lowest BCUT2D eigenvalue weighted by atomic mass is 9.95. The van der Waals surface area contributed by atoms with E-state index < -0.39 is 12.0 Å². The van der Waals surface area contributed by atoms with Crippen molar-refractivity contribution in [2.45, 2.75) is 19.9 Å². The molecule has 0 bridgehead atoms. The van der Waals surface area contributed by atoms with Crippen LogP contribution in [0.2, 0.25) is 0 Å². The highest BCUT2D eigenvalue weighted by Crippen LogP contribution is 2.36. The molecule has 3 aromatic rings. The minimum absolute atomic E-state index is 0.0915. The van der Waals surface area contributed by atoms with Gasteiger partial charge in [-0.05, 0) is 38.1 Å². The van der Waals surface area contributed by atoms with Crippen molar-refractivity contribution in [1.82, 2.24) is 4.57 Å². The van der Waals surface area contributed by atoms with Gasteiger partial charge in [0.1, 0.15) is 11.8 Å². The number of methoxy groups -OCH3 is 2. The zero-order valence-corrected chi connectivity index (χ0v) is 21.9. The minimum atomic E-state index is -0.797. The number of ether oxygens (including phenoxy) is 3. The number of aromatic nitrogens is 1. The zero-order chi connectivity index (χ0) is 25.3. The third kappa shape index (κ3) is 4.51. The third-order valence-electron chi connectivity index (χ3n) is 5.53. The number of benzene rings is 2. The maximum absolute atomic E-state index is 13.7. The lowest BCUT2D eigenvalue weighted by Crippen LogP contribution is -2.40. The number of rotatable bonds is 6. The number of aromatic hydroxyl groups is 1. The van der Waals surface area contributed by atoms with E-state index in [2.05, 4.69) is 20.9 Å². The first-order chi connectivity index (χ1) is 16.8. The second-order valence-corrected chi connectivity index (χ2v) is 9.51. The average Bonchev–Trinajstić information content (AvgIpc) is 3.14. The molecule has 0 saturated heterocycles. The molecule has 2 aromatic carbocycles. The molecule has 4 rings (SSSR count). The van der Waals surface area contributed by atoms with Crippen molar-refractivity contribution < 1.29 is 24.1 Å². The van der Waals surface area contributed by atoms with Gasteiger partial charge in [-0.2, -0.15) is 0 Å². The lowest BCUT2D eigenvalue weighted by molar-refractivity contribution is -0.139. The molecule has 1 aliphatic heterocycles. The van der Waals surface area contributed by atoms with Crippen LogP contribution in [0.5, 0.6) is 17.2 Å². The number of halogens is 1. The van der Waals surface area contributed by atoms with Crippen LogP contribution in [0.15, 0.2) is 61.9 Å². The Morgan fingerprint density at radius 3 is 2.63 bits per heavy atom. The number of esters is 1. The second-order valence-electron chi connectivity index (χ2n) is 7.59. The lowest BCUT2D eigenvalue weighted by Gasteiger charge is -2.25. The molecule has 0 aliphatic carbocycles. The van der Waals surface area contributed by atoms with Gasteiger partial charge in [0.15, 0.2) is 16.3 Å². The monoisotopic (exact) mass is 558 g/mol. The third-order valence-corrected chi connectivity index (χ3v) is 6.97. The average molecular weight is 559 g/mol. The molecular formula is C25H23BrN2O6S. The number of fused-ring (bicyclic) bond motifs is 1. The normalized spacial score (nSPS) is 15.5. The van der Waals surface area contributed by atoms with E-state index in [-0.39, 0.29) is 29.2 Å². The van der Waals surface area contributed by atoms with Crippen LogP contribution in [-0.2, 0) is 9.53 Å². The molecule has 1 aliphatic rings. The van der Waals surface area contributed by atoms with Crippen LogP contribution in [0, 0.1) is 0 Å². The van der Waals surface area contributed by atoms with Crippen LogP contribution in [0.1, 0.15) is 31.0 Å². The van der Waals surface area contributed by atoms with Gasteiger partial charge in [0, 0.05) is 15.6 Å². The van der Waals surface area contributed by atoms with Gasteiger partial charge in [0.2, 0.25) is 0 Å². The van der Waals surface area contributed by atoms with Gasteiger partial charge in [0.25, 0.3) is 5.56 Å². The number of para-hydroxylation sites is 1. The molecule has 8 nitrogen and oxygen atoms in total. The maximum Gasteiger partial charge on any atom is 0.338 e. The summed E-state index contributed by atoms with van der Waals surface area (Å²) in [7, 11) is 2.98. The van der Waals surface area contributed by atoms with Crippen molar-refractivity contribution in [3.8, 4) is 17.2 Å². The Bertz CT molecular complexity index is 1520. The van der Waals surface area contributed by atoms with E-state index in [0.29, 0.717) is 36.4 Å². The number of hydrogen-bond donors (Lipinski definition) is 1. The topological polar surface area (TPSA) is 99.4 Å². The van der Waals surface area contributed by atoms with E-state index in [4.69, 9.17) is 14.2 Å². The summed E-state index contributed by atoms with van der Waals surface area (Å²) in [6.45, 7) is 3.62. The van der Waals surface area contributed by atoms with Crippen molar-refractivity contribution in [3.63, 3.8) is 0 Å². The Morgan fingerprint density at radius 1 is 1.23 bits per heavy atom. The number of nitrogens with zero attached hydrogens (tertiary/aromatic N) is 2. The molecule has 1 N–H and O–H groups in total. The first-order valence-corrected chi connectivity index (χ1v) is 12.3. The largest absolute Gasteiger partial charge is 0.504 e. The van der Waals surface area contributed by atoms with Crippen molar-refractivity contribution in [3.05, 3.63) is 83.0 Å². The van der Waals surface area contributed by atoms with E-state index >= 15 is 0 Å². The highest BCUT2D eigenvalue weighted by Gasteiger charge is 2.35. The molecule has 1 atom stereocenters. The summed E-state index contributed by atoms with van der Waals surface area (Å²) in [5.74, 6) is 0.156. The molecule has 0 radical (unpaired) electrons. The number of hydrogen-bond acceptors (Lipinski definition) is 8. The smallest absolute Gasteiger partial charge is 0.338 e. The Morgan fingerprint density at radius 2 is 1.94 bits per heavy atom. The summed E-state index contributed by atoms with van der Waals surface area (Å²) in [6.07, 6.45) is 1.58. The molecule has 1 unspecified atom stereocenters. The molecule has 35 heavy (non-hydrogen) atoms. The molecule has 0 amide bonds. The van der Waals surface area contributed by atoms with Crippen molar-refractivity contribution in [1.29, 1.82) is 0 Å². The quantitative estimate of drug-likeness (QED) is 0.466. The van der Waals surface area contributed by atoms with Crippen LogP contribution < -0.4 is 24.4 Å². The molecule has 0 fully saturated rings. The number of phenolic OH excluding ortho intramolecular Hbond substituents is 1. The van der Waals surface area contributed by atoms with E-state index in [0.717, 1.165) is 11.3 Å². The summed E-state index contributed by atoms with van der Waals surface area (Å²) in [4.78, 5) is 31.7. The maximum atomic E-state index is 13.7. The zero-order valence-electron chi connectivity index (χ0n) is 19.5. The molecule has 10 heteroatoms. The highest BCUT2D eigenvalue weighted by atomic mass is 79.9. The first kappa shape index (κ1) is 24.7. The Balaban J connectivity index is 2.01. The second kappa shape index (κ2) is 10.1. The predicted octanol–water partition coefficient (Wildman–Crippen LogP) is 3.28. The van der Waals surface area contributed by atoms with Crippen molar-refractivity contribution in [2.24, 2.45) is 4.99 Å². The van der Waals surface area contributed by atoms with Crippen molar-refractivity contribution >= 4 is 39.3 Å². The number of carbonyl (C=O) groups excluding carboxylic acids is 1. The Kier molecular flexibility index (Phi) is 7.13. The van der Waals surface area contributed by atoms with E-state index in [1.54, 1.807) is 38.1 Å². The fraction of sp³-hybridized carbons (Fsp3) is 0.240. The van der Waals surface area contributed by atoms with Crippen molar-refractivity contribution in [2.75, 3.05) is 20.8 Å². The SMILES string of the molecule is CCOC(=O)C1=C(C)N=c2s/c(=C/c3cc(Br)cc(OC)c3O)c(=O)n2C1c1ccccc1OC. The first-order valence-electron chi connectivity index (χ1n) is 10.7. The number of allylic oxidation sites excluding steroid dienone is 1. The molecule has 1 aromatic heterocycles. The fourth-order valence-electron chi connectivity index (χ4n) is 3.98. The van der Waals surface area contributed by atoms with E-state index in [1.807, 2.05) is 18.2 Å². The van der Waals surface area contributed by atoms with Gasteiger partial charge in [-0.25, -0.2) is 9.79 Å². The summed E-state index contributed by atoms with van der Waals surface area (Å²) in [5.41, 5.74) is 1.39. The molecule has 0 saturated carbocycles. The summed E-state index contributed by atoms with van der Waals surface area (Å²) >= 11 is 4.56. The molecular weight excluding hydrogens is 536 g/mol. The fourth-order valence-corrected chi connectivity index (χ4v) is 5.47. The van der Waals surface area contributed by atoms with E-state index in [1.165, 1.54) is 18.8 Å². The van der Waals surface area contributed by atoms with Gasteiger partial charge in [-0.3, -0.25) is 9.36 Å². The standard InChI is InChI=1S/C25H23BrN2O6S/c1-5-34-24(31)20-13(2)27-25-28(21(20)16-8-6-7-9-17(16)32-3)23(30)19(35-25)11-14-10-15(26)12-18(33-4)22(14)29/h6-12,21,29H,5H2,1-4H3/b19-11+. The van der Waals surface area contributed by atoms with Crippen LogP contribution in [0.4, 0.5) is 0 Å². The van der Waals surface area contributed by atoms with E-state index in [9.17, 15) is 14.7 Å². The van der Waals surface area contributed by atoms with Gasteiger partial charge < -0.3 is 19.3 Å². The minimum Gasteiger partial charge on any atom is -0.504 e. The molecule has 2 heterocycles. The van der Waals surface area contributed by atoms with Gasteiger partial charge in [-0.1, -0.05) is 45.5 Å². The Labute approximate surface area is 213 Å². The van der Waals surface area contributed by atoms with Crippen LogP contribution in [0.25, 0.3) is 6.08 Å². The van der Waals surface area contributed by atoms with Gasteiger partial charge in [-0.15, -0.1) is 0 Å². The Hall–Kier alpha value is -3.37. The van der Waals surface area contributed by atoms with Crippen LogP contribution in [0.3, 0.4) is 0 Å². The van der Waals surface area contributed by atoms with Crippen LogP contribution in [-0.4, -0.2) is 36.5 Å². The van der Waals surface area contributed by atoms with Crippen LogP contribution >= 0.6 is 27.3 Å². The number of phenols is 1. The number of carbonyl (C=O) groups is 1.